The molecule has 1 fully saturated rings. The third-order valence-corrected chi connectivity index (χ3v) is 3.85. The van der Waals surface area contributed by atoms with Crippen molar-refractivity contribution < 1.29 is 36.0 Å². The van der Waals surface area contributed by atoms with E-state index in [0.29, 0.717) is 6.42 Å². The predicted molar refractivity (Wildman–Crippen MR) is 60.4 cm³/mol. The number of carbonyl (C=O) groups is 1. The fraction of sp³-hybridized carbons (Fsp3) is 0.889. The van der Waals surface area contributed by atoms with Crippen molar-refractivity contribution in [2.24, 2.45) is 0 Å². The van der Waals surface area contributed by atoms with Gasteiger partial charge in [0.2, 0.25) is 0 Å². The number of hydrogen-bond acceptors (Lipinski definition) is 5. The Kier molecular flexibility index (Phi) is 5.74. The van der Waals surface area contributed by atoms with Crippen LogP contribution in [0.1, 0.15) is 19.8 Å². The molecule has 11 heteroatoms. The molecule has 0 radical (unpaired) electrons. The Balaban J connectivity index is 2.63. The van der Waals surface area contributed by atoms with Gasteiger partial charge in [-0.3, -0.25) is 9.63 Å². The van der Waals surface area contributed by atoms with Crippen molar-refractivity contribution in [1.29, 1.82) is 0 Å². The van der Waals surface area contributed by atoms with E-state index in [2.05, 4.69) is 4.84 Å². The number of nitrogens with zero attached hydrogens (tertiary/aromatic N) is 1. The Bertz CT molecular complexity index is 439. The van der Waals surface area contributed by atoms with E-state index in [1.807, 2.05) is 0 Å². The quantitative estimate of drug-likeness (QED) is 0.563. The molecule has 0 amide bonds. The van der Waals surface area contributed by atoms with Crippen LogP contribution in [0.25, 0.3) is 0 Å². The molecule has 0 aromatic rings. The Morgan fingerprint density at radius 2 is 2.10 bits per heavy atom. The highest BCUT2D eigenvalue weighted by molar-refractivity contribution is 7.87. The number of carbonyl (C=O) groups excluding carboxylic acids is 1. The van der Waals surface area contributed by atoms with Crippen LogP contribution in [0.3, 0.4) is 0 Å². The van der Waals surface area contributed by atoms with E-state index < -0.39 is 35.0 Å². The fourth-order valence-corrected chi connectivity index (χ4v) is 2.94. The Labute approximate surface area is 114 Å². The lowest BCUT2D eigenvalue weighted by atomic mass is 10.2. The van der Waals surface area contributed by atoms with Crippen LogP contribution in [0.4, 0.5) is 13.2 Å². The lowest BCUT2D eigenvalue weighted by Gasteiger charge is -2.22. The summed E-state index contributed by atoms with van der Waals surface area (Å²) < 4.78 is 64.6. The van der Waals surface area contributed by atoms with E-state index in [1.165, 1.54) is 4.89 Å². The highest BCUT2D eigenvalue weighted by Crippen LogP contribution is 2.21. The molecule has 20 heavy (non-hydrogen) atoms. The van der Waals surface area contributed by atoms with Crippen molar-refractivity contribution >= 4 is 16.2 Å². The first-order valence-electron chi connectivity index (χ1n) is 5.81. The van der Waals surface area contributed by atoms with Crippen molar-refractivity contribution in [3.63, 3.8) is 0 Å². The number of rotatable bonds is 6. The van der Waals surface area contributed by atoms with Crippen molar-refractivity contribution in [2.45, 2.75) is 32.0 Å². The summed E-state index contributed by atoms with van der Waals surface area (Å²) >= 11 is 0. The van der Waals surface area contributed by atoms with Gasteiger partial charge in [0.15, 0.2) is 6.61 Å². The first kappa shape index (κ1) is 17.1. The number of halogens is 3. The van der Waals surface area contributed by atoms with Crippen molar-refractivity contribution in [2.75, 3.05) is 19.8 Å². The van der Waals surface area contributed by atoms with E-state index in [1.54, 1.807) is 6.92 Å². The van der Waals surface area contributed by atoms with Gasteiger partial charge in [0.05, 0.1) is 6.61 Å². The third kappa shape index (κ3) is 4.89. The first-order chi connectivity index (χ1) is 9.17. The monoisotopic (exact) mass is 320 g/mol. The summed E-state index contributed by atoms with van der Waals surface area (Å²) in [6.45, 7) is -0.101. The smallest absolute Gasteiger partial charge is 0.413 e. The van der Waals surface area contributed by atoms with Gasteiger partial charge in [0, 0.05) is 6.54 Å². The summed E-state index contributed by atoms with van der Waals surface area (Å²) in [4.78, 5) is 16.8. The van der Waals surface area contributed by atoms with Crippen LogP contribution in [-0.4, -0.2) is 50.7 Å². The molecule has 0 aliphatic carbocycles. The molecule has 1 N–H and O–H groups in total. The highest BCUT2D eigenvalue weighted by Gasteiger charge is 2.40. The molecule has 1 aliphatic rings. The van der Waals surface area contributed by atoms with E-state index in [0.717, 1.165) is 4.31 Å². The van der Waals surface area contributed by atoms with Gasteiger partial charge >= 0.3 is 22.4 Å². The lowest BCUT2D eigenvalue weighted by Crippen LogP contribution is -2.47. The third-order valence-electron chi connectivity index (χ3n) is 2.47. The number of hydrogen-bond donors (Lipinski definition) is 1. The van der Waals surface area contributed by atoms with Gasteiger partial charge in [-0.1, -0.05) is 4.89 Å². The minimum atomic E-state index is -4.66. The summed E-state index contributed by atoms with van der Waals surface area (Å²) in [5.74, 6) is -0.730. The average molecular weight is 320 g/mol. The van der Waals surface area contributed by atoms with Gasteiger partial charge in [-0.15, -0.1) is 0 Å². The number of nitrogens with one attached hydrogen (secondary N) is 1. The molecular formula is C9H15F3N2O5S. The van der Waals surface area contributed by atoms with Gasteiger partial charge in [-0.25, -0.2) is 0 Å². The second kappa shape index (κ2) is 6.70. The van der Waals surface area contributed by atoms with Gasteiger partial charge in [-0.2, -0.15) is 25.9 Å². The summed E-state index contributed by atoms with van der Waals surface area (Å²) in [5, 5.41) is 0. The van der Waals surface area contributed by atoms with Gasteiger partial charge in [0.1, 0.15) is 6.04 Å². The fourth-order valence-electron chi connectivity index (χ4n) is 1.74. The highest BCUT2D eigenvalue weighted by atomic mass is 32.2. The molecule has 1 saturated heterocycles. The zero-order chi connectivity index (χ0) is 15.4. The molecule has 1 unspecified atom stereocenters. The summed E-state index contributed by atoms with van der Waals surface area (Å²) in [5.41, 5.74) is 0. The topological polar surface area (TPSA) is 84.9 Å². The summed E-state index contributed by atoms with van der Waals surface area (Å²) in [7, 11) is -4.33. The normalized spacial score (nSPS) is 21.1. The SMILES string of the molecule is CCOC(=O)C1CCCN1S(=O)(=O)NOCC(F)(F)F. The zero-order valence-corrected chi connectivity index (χ0v) is 11.5. The Morgan fingerprint density at radius 1 is 1.45 bits per heavy atom. The summed E-state index contributed by atoms with van der Waals surface area (Å²) in [6.07, 6.45) is -4.00. The molecule has 0 spiro atoms. The van der Waals surface area contributed by atoms with Crippen LogP contribution in [0, 0.1) is 0 Å². The molecular weight excluding hydrogens is 305 g/mol. The molecule has 118 valence electrons. The molecule has 0 aromatic carbocycles. The van der Waals surface area contributed by atoms with Gasteiger partial charge in [0.25, 0.3) is 0 Å². The average Bonchev–Trinajstić information content (AvgIpc) is 2.76. The lowest BCUT2D eigenvalue weighted by molar-refractivity contribution is -0.181. The van der Waals surface area contributed by atoms with Crippen LogP contribution >= 0.6 is 0 Å². The van der Waals surface area contributed by atoms with E-state index in [4.69, 9.17) is 4.74 Å². The van der Waals surface area contributed by atoms with Crippen LogP contribution in [0.2, 0.25) is 0 Å². The molecule has 0 aromatic heterocycles. The summed E-state index contributed by atoms with van der Waals surface area (Å²) in [6, 6.07) is -1.04. The molecule has 0 saturated carbocycles. The Morgan fingerprint density at radius 3 is 2.65 bits per heavy atom. The maximum atomic E-state index is 11.9. The minimum Gasteiger partial charge on any atom is -0.465 e. The van der Waals surface area contributed by atoms with Crippen LogP contribution < -0.4 is 4.89 Å². The molecule has 1 aliphatic heterocycles. The van der Waals surface area contributed by atoms with Crippen LogP contribution in [0.5, 0.6) is 0 Å². The molecule has 1 atom stereocenters. The number of esters is 1. The second-order valence-corrected chi connectivity index (χ2v) is 5.60. The number of alkyl halides is 3. The number of ether oxygens (including phenoxy) is 1. The van der Waals surface area contributed by atoms with Crippen molar-refractivity contribution in [1.82, 2.24) is 9.19 Å². The van der Waals surface area contributed by atoms with Crippen LogP contribution in [-0.2, 0) is 24.6 Å². The van der Waals surface area contributed by atoms with Gasteiger partial charge in [-0.05, 0) is 19.8 Å². The minimum absolute atomic E-state index is 0.00813. The zero-order valence-electron chi connectivity index (χ0n) is 10.6. The molecule has 1 heterocycles. The molecule has 1 rings (SSSR count). The van der Waals surface area contributed by atoms with Crippen molar-refractivity contribution in [3.05, 3.63) is 0 Å². The van der Waals surface area contributed by atoms with Gasteiger partial charge < -0.3 is 4.74 Å². The standard InChI is InChI=1S/C9H15F3N2O5S/c1-2-18-8(15)7-4-3-5-14(7)20(16,17)13-19-6-9(10,11)12/h7,13H,2-6H2,1H3. The first-order valence-corrected chi connectivity index (χ1v) is 7.25. The largest absolute Gasteiger partial charge is 0.465 e. The van der Waals surface area contributed by atoms with Crippen LogP contribution in [0.15, 0.2) is 0 Å². The Hall–Kier alpha value is -0.910. The maximum absolute atomic E-state index is 11.9. The maximum Gasteiger partial charge on any atom is 0.413 e. The predicted octanol–water partition coefficient (Wildman–Crippen LogP) is 0.342. The second-order valence-electron chi connectivity index (χ2n) is 4.01. The van der Waals surface area contributed by atoms with E-state index in [-0.39, 0.29) is 19.6 Å². The molecule has 7 nitrogen and oxygen atoms in total. The van der Waals surface area contributed by atoms with E-state index in [9.17, 15) is 26.4 Å². The van der Waals surface area contributed by atoms with E-state index >= 15 is 0 Å². The van der Waals surface area contributed by atoms with Crippen molar-refractivity contribution in [3.8, 4) is 0 Å². The molecule has 0 bridgehead atoms.